The first-order valence-corrected chi connectivity index (χ1v) is 8.69. The van der Waals surface area contributed by atoms with Gasteiger partial charge < -0.3 is 15.4 Å². The van der Waals surface area contributed by atoms with Crippen molar-refractivity contribution in [2.45, 2.75) is 77.7 Å². The molecule has 0 aliphatic rings. The molecule has 21 heavy (non-hydrogen) atoms. The van der Waals surface area contributed by atoms with Crippen LogP contribution in [0.3, 0.4) is 0 Å². The molecule has 0 bridgehead atoms. The molecule has 1 amide bonds. The lowest BCUT2D eigenvalue weighted by atomic mass is 10.1. The number of rotatable bonds is 15. The molecule has 2 N–H and O–H groups in total. The molecule has 0 atom stereocenters. The second-order valence-electron chi connectivity index (χ2n) is 5.95. The number of carbonyl (C=O) groups excluding carboxylic acids is 1. The first kappa shape index (κ1) is 20.4. The van der Waals surface area contributed by atoms with Crippen molar-refractivity contribution in [3.63, 3.8) is 0 Å². The standard InChI is InChI=1S/C17H36N2O2/c1-16(2)21-15-14-19-17(20)12-10-8-6-4-5-7-9-11-13-18-3/h16,18H,4-15H2,1-3H3,(H,19,20). The molecular formula is C17H36N2O2. The molecule has 0 rings (SSSR count). The van der Waals surface area contributed by atoms with E-state index in [1.54, 1.807) is 0 Å². The predicted molar refractivity (Wildman–Crippen MR) is 89.6 cm³/mol. The van der Waals surface area contributed by atoms with Gasteiger partial charge in [0.15, 0.2) is 0 Å². The van der Waals surface area contributed by atoms with Crippen LogP contribution in [-0.2, 0) is 9.53 Å². The van der Waals surface area contributed by atoms with Crippen LogP contribution in [0.1, 0.15) is 71.6 Å². The zero-order chi connectivity index (χ0) is 15.8. The van der Waals surface area contributed by atoms with Crippen LogP contribution in [0, 0.1) is 0 Å². The van der Waals surface area contributed by atoms with E-state index < -0.39 is 0 Å². The summed E-state index contributed by atoms with van der Waals surface area (Å²) in [5.74, 6) is 0.162. The molecule has 0 aromatic rings. The smallest absolute Gasteiger partial charge is 0.220 e. The number of amides is 1. The third kappa shape index (κ3) is 17.3. The molecule has 0 unspecified atom stereocenters. The van der Waals surface area contributed by atoms with E-state index in [1.165, 1.54) is 44.9 Å². The topological polar surface area (TPSA) is 50.4 Å². The van der Waals surface area contributed by atoms with Crippen molar-refractivity contribution in [1.29, 1.82) is 0 Å². The van der Waals surface area contributed by atoms with Crippen LogP contribution in [0.15, 0.2) is 0 Å². The zero-order valence-electron chi connectivity index (χ0n) is 14.4. The first-order chi connectivity index (χ1) is 10.2. The Labute approximate surface area is 131 Å². The Bertz CT molecular complexity index is 233. The summed E-state index contributed by atoms with van der Waals surface area (Å²) in [4.78, 5) is 11.6. The highest BCUT2D eigenvalue weighted by Gasteiger charge is 2.01. The highest BCUT2D eigenvalue weighted by molar-refractivity contribution is 5.75. The molecule has 0 aliphatic carbocycles. The Morgan fingerprint density at radius 1 is 0.905 bits per heavy atom. The number of hydrogen-bond donors (Lipinski definition) is 2. The third-order valence-electron chi connectivity index (χ3n) is 3.46. The second kappa shape index (κ2) is 15.8. The van der Waals surface area contributed by atoms with Crippen LogP contribution in [0.2, 0.25) is 0 Å². The summed E-state index contributed by atoms with van der Waals surface area (Å²) >= 11 is 0. The summed E-state index contributed by atoms with van der Waals surface area (Å²) < 4.78 is 5.38. The molecule has 4 nitrogen and oxygen atoms in total. The molecule has 0 heterocycles. The van der Waals surface area contributed by atoms with Crippen molar-refractivity contribution >= 4 is 5.91 Å². The molecule has 0 saturated carbocycles. The van der Waals surface area contributed by atoms with Gasteiger partial charge in [-0.05, 0) is 40.3 Å². The fraction of sp³-hybridized carbons (Fsp3) is 0.941. The fourth-order valence-corrected chi connectivity index (χ4v) is 2.22. The molecule has 0 radical (unpaired) electrons. The molecule has 0 saturated heterocycles. The highest BCUT2D eigenvalue weighted by Crippen LogP contribution is 2.09. The van der Waals surface area contributed by atoms with Crippen molar-refractivity contribution < 1.29 is 9.53 Å². The highest BCUT2D eigenvalue weighted by atomic mass is 16.5. The normalized spacial score (nSPS) is 11.0. The van der Waals surface area contributed by atoms with Crippen molar-refractivity contribution in [1.82, 2.24) is 10.6 Å². The van der Waals surface area contributed by atoms with Gasteiger partial charge in [0.05, 0.1) is 12.7 Å². The van der Waals surface area contributed by atoms with E-state index in [4.69, 9.17) is 4.74 Å². The minimum Gasteiger partial charge on any atom is -0.377 e. The SMILES string of the molecule is CNCCCCCCCCCCC(=O)NCCOC(C)C. The quantitative estimate of drug-likeness (QED) is 0.456. The van der Waals surface area contributed by atoms with E-state index in [0.29, 0.717) is 19.6 Å². The summed E-state index contributed by atoms with van der Waals surface area (Å²) in [6.45, 7) is 6.38. The van der Waals surface area contributed by atoms with Gasteiger partial charge in [-0.3, -0.25) is 4.79 Å². The van der Waals surface area contributed by atoms with E-state index in [1.807, 2.05) is 20.9 Å². The van der Waals surface area contributed by atoms with Gasteiger partial charge in [0.25, 0.3) is 0 Å². The van der Waals surface area contributed by atoms with Crippen LogP contribution in [0.5, 0.6) is 0 Å². The molecule has 126 valence electrons. The zero-order valence-corrected chi connectivity index (χ0v) is 14.4. The second-order valence-corrected chi connectivity index (χ2v) is 5.95. The van der Waals surface area contributed by atoms with Gasteiger partial charge in [0, 0.05) is 13.0 Å². The monoisotopic (exact) mass is 300 g/mol. The molecule has 0 fully saturated rings. The van der Waals surface area contributed by atoms with Gasteiger partial charge in [0.1, 0.15) is 0 Å². The average molecular weight is 300 g/mol. The Balaban J connectivity index is 3.14. The Morgan fingerprint density at radius 2 is 1.48 bits per heavy atom. The molecule has 0 aromatic carbocycles. The van der Waals surface area contributed by atoms with Crippen LogP contribution in [0.4, 0.5) is 0 Å². The van der Waals surface area contributed by atoms with Crippen LogP contribution in [0.25, 0.3) is 0 Å². The average Bonchev–Trinajstić information content (AvgIpc) is 2.45. The number of unbranched alkanes of at least 4 members (excludes halogenated alkanes) is 7. The summed E-state index contributed by atoms with van der Waals surface area (Å²) in [5, 5.41) is 6.07. The van der Waals surface area contributed by atoms with Gasteiger partial charge in [-0.25, -0.2) is 0 Å². The van der Waals surface area contributed by atoms with Crippen molar-refractivity contribution in [3.8, 4) is 0 Å². The number of nitrogens with one attached hydrogen (secondary N) is 2. The first-order valence-electron chi connectivity index (χ1n) is 8.69. The van der Waals surface area contributed by atoms with E-state index in [-0.39, 0.29) is 12.0 Å². The van der Waals surface area contributed by atoms with Crippen molar-refractivity contribution in [2.24, 2.45) is 0 Å². The van der Waals surface area contributed by atoms with Gasteiger partial charge in [-0.2, -0.15) is 0 Å². The van der Waals surface area contributed by atoms with E-state index in [0.717, 1.165) is 13.0 Å². The Morgan fingerprint density at radius 3 is 2.05 bits per heavy atom. The van der Waals surface area contributed by atoms with E-state index in [9.17, 15) is 4.79 Å². The van der Waals surface area contributed by atoms with Crippen LogP contribution >= 0.6 is 0 Å². The van der Waals surface area contributed by atoms with Crippen molar-refractivity contribution in [2.75, 3.05) is 26.7 Å². The van der Waals surface area contributed by atoms with Gasteiger partial charge >= 0.3 is 0 Å². The van der Waals surface area contributed by atoms with Crippen LogP contribution in [-0.4, -0.2) is 38.8 Å². The van der Waals surface area contributed by atoms with Crippen molar-refractivity contribution in [3.05, 3.63) is 0 Å². The summed E-state index contributed by atoms with van der Waals surface area (Å²) in [5.41, 5.74) is 0. The Hall–Kier alpha value is -0.610. The van der Waals surface area contributed by atoms with E-state index in [2.05, 4.69) is 10.6 Å². The summed E-state index contributed by atoms with van der Waals surface area (Å²) in [7, 11) is 2.01. The molecule has 0 aliphatic heterocycles. The third-order valence-corrected chi connectivity index (χ3v) is 3.46. The summed E-state index contributed by atoms with van der Waals surface area (Å²) in [6, 6.07) is 0. The number of ether oxygens (including phenoxy) is 1. The largest absolute Gasteiger partial charge is 0.377 e. The lowest BCUT2D eigenvalue weighted by Crippen LogP contribution is -2.27. The lowest BCUT2D eigenvalue weighted by Gasteiger charge is -2.08. The number of carbonyl (C=O) groups is 1. The molecular weight excluding hydrogens is 264 g/mol. The minimum absolute atomic E-state index is 0.162. The van der Waals surface area contributed by atoms with Gasteiger partial charge in [0.2, 0.25) is 5.91 Å². The Kier molecular flexibility index (Phi) is 15.3. The lowest BCUT2D eigenvalue weighted by molar-refractivity contribution is -0.121. The maximum atomic E-state index is 11.6. The van der Waals surface area contributed by atoms with Gasteiger partial charge in [-0.15, -0.1) is 0 Å². The predicted octanol–water partition coefficient (Wildman–Crippen LogP) is 3.26. The molecule has 0 aromatic heterocycles. The fourth-order valence-electron chi connectivity index (χ4n) is 2.22. The minimum atomic E-state index is 0.162. The van der Waals surface area contributed by atoms with Crippen LogP contribution < -0.4 is 10.6 Å². The maximum absolute atomic E-state index is 11.6. The maximum Gasteiger partial charge on any atom is 0.220 e. The number of hydrogen-bond acceptors (Lipinski definition) is 3. The molecule has 4 heteroatoms. The van der Waals surface area contributed by atoms with Gasteiger partial charge in [-0.1, -0.05) is 38.5 Å². The molecule has 0 spiro atoms. The summed E-state index contributed by atoms with van der Waals surface area (Å²) in [6.07, 6.45) is 10.9. The van der Waals surface area contributed by atoms with E-state index >= 15 is 0 Å².